The van der Waals surface area contributed by atoms with Gasteiger partial charge in [-0.3, -0.25) is 14.9 Å². The van der Waals surface area contributed by atoms with Crippen molar-refractivity contribution in [3.8, 4) is 23.9 Å². The first-order valence-electron chi connectivity index (χ1n) is 11.6. The van der Waals surface area contributed by atoms with Crippen LogP contribution in [-0.4, -0.2) is 41.7 Å². The number of pyridine rings is 1. The van der Waals surface area contributed by atoms with E-state index in [9.17, 15) is 4.79 Å². The zero-order valence-electron chi connectivity index (χ0n) is 19.3. The minimum absolute atomic E-state index is 0.0499. The monoisotopic (exact) mass is 473 g/mol. The van der Waals surface area contributed by atoms with E-state index in [4.69, 9.17) is 11.4 Å². The summed E-state index contributed by atoms with van der Waals surface area (Å²) in [5, 5.41) is 10.2. The van der Waals surface area contributed by atoms with Crippen LogP contribution >= 0.6 is 11.3 Å². The third-order valence-electron chi connectivity index (χ3n) is 6.20. The summed E-state index contributed by atoms with van der Waals surface area (Å²) in [6.07, 6.45) is 13.6. The van der Waals surface area contributed by atoms with Crippen molar-refractivity contribution in [3.05, 3.63) is 46.3 Å². The Labute approximate surface area is 202 Å². The molecule has 0 bridgehead atoms. The van der Waals surface area contributed by atoms with Crippen LogP contribution in [0.3, 0.4) is 0 Å². The van der Waals surface area contributed by atoms with Gasteiger partial charge in [-0.05, 0) is 49.8 Å². The van der Waals surface area contributed by atoms with Gasteiger partial charge in [0.15, 0.2) is 5.82 Å². The SMILES string of the molecule is C#Cc1ccc(C(=O)N[C@H]2CCC[C@@H](n3c(CC(C)C)nc4cnc(-c5nc[nH]n5)cc43)C2)s1. The van der Waals surface area contributed by atoms with Gasteiger partial charge in [0, 0.05) is 18.5 Å². The minimum Gasteiger partial charge on any atom is -0.349 e. The van der Waals surface area contributed by atoms with Gasteiger partial charge in [-0.2, -0.15) is 5.10 Å². The van der Waals surface area contributed by atoms with Crippen molar-refractivity contribution >= 4 is 28.3 Å². The fraction of sp³-hybridized carbons (Fsp3) is 0.400. The summed E-state index contributed by atoms with van der Waals surface area (Å²) in [7, 11) is 0. The molecule has 2 atom stereocenters. The molecule has 9 heteroatoms. The normalized spacial score (nSPS) is 18.3. The Kier molecular flexibility index (Phi) is 6.16. The molecular formula is C25H27N7OS. The summed E-state index contributed by atoms with van der Waals surface area (Å²) in [6.45, 7) is 4.41. The van der Waals surface area contributed by atoms with Gasteiger partial charge in [-0.25, -0.2) is 9.97 Å². The van der Waals surface area contributed by atoms with Crippen molar-refractivity contribution in [1.29, 1.82) is 0 Å². The molecule has 5 rings (SSSR count). The maximum atomic E-state index is 12.8. The fourth-order valence-electron chi connectivity index (χ4n) is 4.74. The number of H-pyrrole nitrogens is 1. The lowest BCUT2D eigenvalue weighted by Crippen LogP contribution is -2.38. The minimum atomic E-state index is -0.0499. The Balaban J connectivity index is 1.44. The Hall–Kier alpha value is -3.51. The number of carbonyl (C=O) groups excluding carboxylic acids is 1. The number of imidazole rings is 1. The van der Waals surface area contributed by atoms with E-state index < -0.39 is 0 Å². The highest BCUT2D eigenvalue weighted by atomic mass is 32.1. The van der Waals surface area contributed by atoms with Crippen molar-refractivity contribution < 1.29 is 4.79 Å². The zero-order valence-corrected chi connectivity index (χ0v) is 20.1. The average molecular weight is 474 g/mol. The Bertz CT molecular complexity index is 1350. The number of aromatic amines is 1. The average Bonchev–Trinajstić information content (AvgIpc) is 3.57. The number of nitrogens with zero attached hydrogens (tertiary/aromatic N) is 5. The number of fused-ring (bicyclic) bond motifs is 1. The highest BCUT2D eigenvalue weighted by Gasteiger charge is 2.28. The van der Waals surface area contributed by atoms with E-state index in [1.807, 2.05) is 18.3 Å². The number of nitrogens with one attached hydrogen (secondary N) is 2. The molecule has 4 heterocycles. The molecule has 1 aliphatic rings. The molecule has 0 saturated heterocycles. The van der Waals surface area contributed by atoms with Gasteiger partial charge in [-0.1, -0.05) is 19.8 Å². The molecule has 4 aromatic rings. The molecule has 34 heavy (non-hydrogen) atoms. The number of amides is 1. The van der Waals surface area contributed by atoms with E-state index in [0.29, 0.717) is 22.3 Å². The second-order valence-corrected chi connectivity index (χ2v) is 10.3. The van der Waals surface area contributed by atoms with Crippen molar-refractivity contribution in [2.24, 2.45) is 5.92 Å². The smallest absolute Gasteiger partial charge is 0.261 e. The molecule has 1 fully saturated rings. The summed E-state index contributed by atoms with van der Waals surface area (Å²) in [5.74, 6) is 4.65. The van der Waals surface area contributed by atoms with E-state index in [-0.39, 0.29) is 18.0 Å². The molecular weight excluding hydrogens is 446 g/mol. The standard InChI is InChI=1S/C25H27N7OS/c1-4-18-8-9-22(34-18)25(33)29-16-6-5-7-17(11-16)32-21-12-19(24-27-14-28-31-24)26-13-20(21)30-23(32)10-15(2)3/h1,8-9,12-17H,5-7,10-11H2,2-3H3,(H,29,33)(H,27,28,31)/t16-,17+/m0/s1. The van der Waals surface area contributed by atoms with Gasteiger partial charge in [-0.15, -0.1) is 17.8 Å². The summed E-state index contributed by atoms with van der Waals surface area (Å²) in [5.41, 5.74) is 2.63. The number of hydrogen-bond donors (Lipinski definition) is 2. The first-order chi connectivity index (χ1) is 16.5. The topological polar surface area (TPSA) is 101 Å². The second kappa shape index (κ2) is 9.39. The highest BCUT2D eigenvalue weighted by Crippen LogP contribution is 2.34. The van der Waals surface area contributed by atoms with Gasteiger partial charge in [0.2, 0.25) is 0 Å². The maximum Gasteiger partial charge on any atom is 0.261 e. The van der Waals surface area contributed by atoms with Crippen LogP contribution in [0.1, 0.15) is 65.9 Å². The van der Waals surface area contributed by atoms with E-state index in [0.717, 1.165) is 53.8 Å². The van der Waals surface area contributed by atoms with Gasteiger partial charge in [0.05, 0.1) is 21.5 Å². The van der Waals surface area contributed by atoms with Crippen LogP contribution in [0.4, 0.5) is 0 Å². The second-order valence-electron chi connectivity index (χ2n) is 9.18. The van der Waals surface area contributed by atoms with Crippen LogP contribution in [-0.2, 0) is 6.42 Å². The Morgan fingerprint density at radius 2 is 2.24 bits per heavy atom. The van der Waals surface area contributed by atoms with Crippen LogP contribution in [0.2, 0.25) is 0 Å². The predicted molar refractivity (Wildman–Crippen MR) is 132 cm³/mol. The molecule has 2 N–H and O–H groups in total. The number of aromatic nitrogens is 6. The third-order valence-corrected chi connectivity index (χ3v) is 7.22. The molecule has 1 saturated carbocycles. The van der Waals surface area contributed by atoms with Crippen molar-refractivity contribution in [2.45, 2.75) is 58.0 Å². The fourth-order valence-corrected chi connectivity index (χ4v) is 5.46. The quantitative estimate of drug-likeness (QED) is 0.405. The van der Waals surface area contributed by atoms with Crippen LogP contribution in [0, 0.1) is 18.3 Å². The molecule has 4 aromatic heterocycles. The zero-order chi connectivity index (χ0) is 23.7. The third kappa shape index (κ3) is 4.46. The molecule has 8 nitrogen and oxygen atoms in total. The van der Waals surface area contributed by atoms with E-state index in [1.54, 1.807) is 12.4 Å². The Morgan fingerprint density at radius 1 is 1.35 bits per heavy atom. The van der Waals surface area contributed by atoms with Crippen LogP contribution in [0.15, 0.2) is 30.7 Å². The lowest BCUT2D eigenvalue weighted by molar-refractivity contribution is 0.0925. The van der Waals surface area contributed by atoms with Gasteiger partial charge in [0.25, 0.3) is 5.91 Å². The van der Waals surface area contributed by atoms with Crippen LogP contribution in [0.5, 0.6) is 0 Å². The number of hydrogen-bond acceptors (Lipinski definition) is 6. The first kappa shape index (κ1) is 22.3. The van der Waals surface area contributed by atoms with Gasteiger partial charge < -0.3 is 9.88 Å². The maximum absolute atomic E-state index is 12.8. The Morgan fingerprint density at radius 3 is 2.97 bits per heavy atom. The van der Waals surface area contributed by atoms with Gasteiger partial charge in [0.1, 0.15) is 23.4 Å². The van der Waals surface area contributed by atoms with E-state index in [2.05, 4.69) is 49.8 Å². The molecule has 0 aromatic carbocycles. The molecule has 0 unspecified atom stereocenters. The molecule has 1 aliphatic carbocycles. The number of rotatable bonds is 6. The van der Waals surface area contributed by atoms with E-state index in [1.165, 1.54) is 11.3 Å². The lowest BCUT2D eigenvalue weighted by Gasteiger charge is -2.32. The van der Waals surface area contributed by atoms with Crippen LogP contribution < -0.4 is 5.32 Å². The van der Waals surface area contributed by atoms with Crippen molar-refractivity contribution in [2.75, 3.05) is 0 Å². The van der Waals surface area contributed by atoms with Crippen molar-refractivity contribution in [3.63, 3.8) is 0 Å². The lowest BCUT2D eigenvalue weighted by atomic mass is 9.90. The molecule has 0 radical (unpaired) electrons. The number of terminal acetylenes is 1. The summed E-state index contributed by atoms with van der Waals surface area (Å²) < 4.78 is 2.37. The molecule has 0 spiro atoms. The number of carbonyl (C=O) groups is 1. The highest BCUT2D eigenvalue weighted by molar-refractivity contribution is 7.14. The predicted octanol–water partition coefficient (Wildman–Crippen LogP) is 4.37. The van der Waals surface area contributed by atoms with Gasteiger partial charge >= 0.3 is 0 Å². The number of thiophene rings is 1. The molecule has 174 valence electrons. The first-order valence-corrected chi connectivity index (χ1v) is 12.4. The molecule has 0 aliphatic heterocycles. The largest absolute Gasteiger partial charge is 0.349 e. The van der Waals surface area contributed by atoms with E-state index >= 15 is 0 Å². The summed E-state index contributed by atoms with van der Waals surface area (Å²) in [4.78, 5) is 28.0. The van der Waals surface area contributed by atoms with Crippen LogP contribution in [0.25, 0.3) is 22.6 Å². The summed E-state index contributed by atoms with van der Waals surface area (Å²) >= 11 is 1.35. The summed E-state index contributed by atoms with van der Waals surface area (Å²) in [6, 6.07) is 5.99. The van der Waals surface area contributed by atoms with Crippen molar-refractivity contribution in [1.82, 2.24) is 35.0 Å². The molecule has 1 amide bonds.